The van der Waals surface area contributed by atoms with Crippen LogP contribution in [0.3, 0.4) is 0 Å². The molecule has 0 radical (unpaired) electrons. The second-order valence-corrected chi connectivity index (χ2v) is 6.24. The highest BCUT2D eigenvalue weighted by Crippen LogP contribution is 2.33. The predicted molar refractivity (Wildman–Crippen MR) is 98.0 cm³/mol. The van der Waals surface area contributed by atoms with Crippen molar-refractivity contribution in [2.45, 2.75) is 13.0 Å². The molecule has 0 bridgehead atoms. The fourth-order valence-corrected chi connectivity index (χ4v) is 3.43. The molecule has 0 spiro atoms. The highest BCUT2D eigenvalue weighted by Gasteiger charge is 2.21. The minimum atomic E-state index is 0.907. The zero-order valence-electron chi connectivity index (χ0n) is 14.1. The van der Waals surface area contributed by atoms with Gasteiger partial charge < -0.3 is 14.2 Å². The lowest BCUT2D eigenvalue weighted by Gasteiger charge is -2.23. The SMILES string of the molecule is COc1ccc2c(c1)c1c(n2C=Cc2ccccn2)CCN(C)C1. The molecule has 0 atom stereocenters. The molecule has 122 valence electrons. The highest BCUT2D eigenvalue weighted by atomic mass is 16.5. The highest BCUT2D eigenvalue weighted by molar-refractivity contribution is 5.89. The molecule has 3 aromatic rings. The van der Waals surface area contributed by atoms with Crippen molar-refractivity contribution < 1.29 is 4.74 Å². The molecule has 24 heavy (non-hydrogen) atoms. The summed E-state index contributed by atoms with van der Waals surface area (Å²) >= 11 is 0. The number of aromatic nitrogens is 2. The Morgan fingerprint density at radius 1 is 1.21 bits per heavy atom. The van der Waals surface area contributed by atoms with E-state index in [0.717, 1.165) is 31.0 Å². The second kappa shape index (κ2) is 6.13. The van der Waals surface area contributed by atoms with Crippen LogP contribution in [0, 0.1) is 0 Å². The van der Waals surface area contributed by atoms with Gasteiger partial charge >= 0.3 is 0 Å². The van der Waals surface area contributed by atoms with Crippen LogP contribution in [-0.4, -0.2) is 35.2 Å². The van der Waals surface area contributed by atoms with E-state index in [4.69, 9.17) is 4.74 Å². The van der Waals surface area contributed by atoms with Gasteiger partial charge in [-0.2, -0.15) is 0 Å². The average molecular weight is 319 g/mol. The molecule has 3 heterocycles. The van der Waals surface area contributed by atoms with Crippen molar-refractivity contribution in [2.75, 3.05) is 20.7 Å². The van der Waals surface area contributed by atoms with Crippen LogP contribution in [-0.2, 0) is 13.0 Å². The number of ether oxygens (including phenoxy) is 1. The molecule has 1 aliphatic heterocycles. The zero-order valence-corrected chi connectivity index (χ0v) is 14.1. The summed E-state index contributed by atoms with van der Waals surface area (Å²) in [5.74, 6) is 0.907. The van der Waals surface area contributed by atoms with Crippen LogP contribution in [0.1, 0.15) is 17.0 Å². The Kier molecular flexibility index (Phi) is 3.82. The van der Waals surface area contributed by atoms with Crippen LogP contribution in [0.5, 0.6) is 5.75 Å². The number of fused-ring (bicyclic) bond motifs is 3. The monoisotopic (exact) mass is 319 g/mol. The van der Waals surface area contributed by atoms with E-state index < -0.39 is 0 Å². The second-order valence-electron chi connectivity index (χ2n) is 6.24. The van der Waals surface area contributed by atoms with Gasteiger partial charge in [0.05, 0.1) is 18.3 Å². The van der Waals surface area contributed by atoms with Crippen LogP contribution in [0.25, 0.3) is 23.2 Å². The van der Waals surface area contributed by atoms with E-state index >= 15 is 0 Å². The molecular weight excluding hydrogens is 298 g/mol. The van der Waals surface area contributed by atoms with Gasteiger partial charge in [0, 0.05) is 43.0 Å². The van der Waals surface area contributed by atoms with E-state index in [2.05, 4.69) is 45.9 Å². The Morgan fingerprint density at radius 3 is 2.92 bits per heavy atom. The van der Waals surface area contributed by atoms with Gasteiger partial charge in [-0.25, -0.2) is 0 Å². The van der Waals surface area contributed by atoms with E-state index in [1.165, 1.54) is 22.2 Å². The number of methoxy groups -OCH3 is 1. The fourth-order valence-electron chi connectivity index (χ4n) is 3.43. The topological polar surface area (TPSA) is 30.3 Å². The van der Waals surface area contributed by atoms with Gasteiger partial charge in [-0.3, -0.25) is 4.98 Å². The van der Waals surface area contributed by atoms with Gasteiger partial charge in [-0.1, -0.05) is 6.07 Å². The van der Waals surface area contributed by atoms with E-state index in [9.17, 15) is 0 Å². The predicted octanol–water partition coefficient (Wildman–Crippen LogP) is 3.66. The lowest BCUT2D eigenvalue weighted by molar-refractivity contribution is 0.312. The van der Waals surface area contributed by atoms with Crippen molar-refractivity contribution in [1.29, 1.82) is 0 Å². The lowest BCUT2D eigenvalue weighted by Crippen LogP contribution is -2.26. The maximum absolute atomic E-state index is 5.43. The molecule has 1 aromatic carbocycles. The molecule has 0 unspecified atom stereocenters. The smallest absolute Gasteiger partial charge is 0.119 e. The normalized spacial score (nSPS) is 15.1. The third-order valence-corrected chi connectivity index (χ3v) is 4.67. The summed E-state index contributed by atoms with van der Waals surface area (Å²) in [5.41, 5.74) is 4.99. The summed E-state index contributed by atoms with van der Waals surface area (Å²) in [7, 11) is 3.90. The van der Waals surface area contributed by atoms with Crippen molar-refractivity contribution >= 4 is 23.2 Å². The molecule has 4 nitrogen and oxygen atoms in total. The molecule has 0 saturated carbocycles. The maximum Gasteiger partial charge on any atom is 0.119 e. The molecule has 0 fully saturated rings. The fraction of sp³-hybridized carbons (Fsp3) is 0.250. The van der Waals surface area contributed by atoms with Crippen LogP contribution in [0.2, 0.25) is 0 Å². The van der Waals surface area contributed by atoms with Gasteiger partial charge in [-0.05, 0) is 49.0 Å². The minimum absolute atomic E-state index is 0.907. The van der Waals surface area contributed by atoms with Gasteiger partial charge in [-0.15, -0.1) is 0 Å². The van der Waals surface area contributed by atoms with Gasteiger partial charge in [0.25, 0.3) is 0 Å². The molecule has 0 saturated heterocycles. The Morgan fingerprint density at radius 2 is 2.12 bits per heavy atom. The molecule has 1 aliphatic rings. The van der Waals surface area contributed by atoms with Crippen LogP contribution >= 0.6 is 0 Å². The molecule has 0 amide bonds. The zero-order chi connectivity index (χ0) is 16.5. The first-order valence-electron chi connectivity index (χ1n) is 8.24. The number of nitrogens with zero attached hydrogens (tertiary/aromatic N) is 3. The van der Waals surface area contributed by atoms with Crippen molar-refractivity contribution in [1.82, 2.24) is 14.5 Å². The summed E-state index contributed by atoms with van der Waals surface area (Å²) in [6.07, 6.45) is 7.09. The van der Waals surface area contributed by atoms with Gasteiger partial charge in [0.2, 0.25) is 0 Å². The minimum Gasteiger partial charge on any atom is -0.497 e. The van der Waals surface area contributed by atoms with Crippen molar-refractivity contribution in [2.24, 2.45) is 0 Å². The first-order valence-corrected chi connectivity index (χ1v) is 8.24. The number of likely N-dealkylation sites (N-methyl/N-ethyl adjacent to an activating group) is 1. The van der Waals surface area contributed by atoms with Crippen molar-refractivity contribution in [3.63, 3.8) is 0 Å². The molecule has 4 rings (SSSR count). The van der Waals surface area contributed by atoms with Crippen molar-refractivity contribution in [3.8, 4) is 5.75 Å². The van der Waals surface area contributed by atoms with Crippen LogP contribution in [0.15, 0.2) is 42.6 Å². The first kappa shape index (κ1) is 15.0. The summed E-state index contributed by atoms with van der Waals surface area (Å²) in [6.45, 7) is 2.06. The molecule has 4 heteroatoms. The third-order valence-electron chi connectivity index (χ3n) is 4.67. The number of rotatable bonds is 3. The van der Waals surface area contributed by atoms with E-state index in [1.54, 1.807) is 7.11 Å². The Labute approximate surface area is 142 Å². The number of hydrogen-bond acceptors (Lipinski definition) is 3. The Bertz CT molecular complexity index is 896. The van der Waals surface area contributed by atoms with E-state index in [1.807, 2.05) is 30.5 Å². The van der Waals surface area contributed by atoms with Crippen molar-refractivity contribution in [3.05, 3.63) is 59.5 Å². The number of pyridine rings is 1. The summed E-state index contributed by atoms with van der Waals surface area (Å²) in [6, 6.07) is 12.3. The van der Waals surface area contributed by atoms with Gasteiger partial charge in [0.15, 0.2) is 0 Å². The van der Waals surface area contributed by atoms with E-state index in [0.29, 0.717) is 0 Å². The third kappa shape index (κ3) is 2.59. The van der Waals surface area contributed by atoms with Gasteiger partial charge in [0.1, 0.15) is 5.75 Å². The molecule has 0 aliphatic carbocycles. The standard InChI is InChI=1S/C20H21N3O/c1-22-11-9-20-18(14-22)17-13-16(24-2)6-7-19(17)23(20)12-8-15-5-3-4-10-21-15/h3-8,10,12-13H,9,11,14H2,1-2H3. The quantitative estimate of drug-likeness (QED) is 0.738. The maximum atomic E-state index is 5.43. The van der Waals surface area contributed by atoms with Crippen LogP contribution < -0.4 is 4.74 Å². The molecular formula is C20H21N3O. The van der Waals surface area contributed by atoms with E-state index in [-0.39, 0.29) is 0 Å². The largest absolute Gasteiger partial charge is 0.497 e. The average Bonchev–Trinajstić information content (AvgIpc) is 2.93. The Balaban J connectivity index is 1.87. The Hall–Kier alpha value is -2.59. The number of benzene rings is 1. The molecule has 2 aromatic heterocycles. The summed E-state index contributed by atoms with van der Waals surface area (Å²) < 4.78 is 7.74. The lowest BCUT2D eigenvalue weighted by atomic mass is 10.0. The van der Waals surface area contributed by atoms with Crippen LogP contribution in [0.4, 0.5) is 0 Å². The number of hydrogen-bond donors (Lipinski definition) is 0. The molecule has 0 N–H and O–H groups in total. The first-order chi connectivity index (χ1) is 11.8. The summed E-state index contributed by atoms with van der Waals surface area (Å²) in [5, 5.41) is 1.28. The summed E-state index contributed by atoms with van der Waals surface area (Å²) in [4.78, 5) is 6.75.